The minimum absolute atomic E-state index is 0.123. The van der Waals surface area contributed by atoms with E-state index >= 15 is 0 Å². The van der Waals surface area contributed by atoms with Crippen molar-refractivity contribution in [2.24, 2.45) is 0 Å². The summed E-state index contributed by atoms with van der Waals surface area (Å²) in [5.74, 6) is 0.891. The lowest BCUT2D eigenvalue weighted by atomic mass is 10.1. The number of unbranched alkanes of at least 4 members (excludes halogenated alkanes) is 2. The number of hydrogen-bond donors (Lipinski definition) is 0. The van der Waals surface area contributed by atoms with Crippen LogP contribution in [0.25, 0.3) is 0 Å². The summed E-state index contributed by atoms with van der Waals surface area (Å²) in [6.45, 7) is 8.40. The van der Waals surface area contributed by atoms with Crippen molar-refractivity contribution in [1.29, 1.82) is 0 Å². The molecule has 0 aliphatic carbocycles. The van der Waals surface area contributed by atoms with Crippen molar-refractivity contribution < 1.29 is 13.9 Å². The first-order chi connectivity index (χ1) is 15.7. The van der Waals surface area contributed by atoms with Gasteiger partial charge in [0.1, 0.15) is 5.75 Å². The molecule has 1 atom stereocenters. The molecule has 0 bridgehead atoms. The van der Waals surface area contributed by atoms with E-state index in [0.717, 1.165) is 38.0 Å². The van der Waals surface area contributed by atoms with Gasteiger partial charge >= 0.3 is 0 Å². The molecule has 0 aliphatic rings. The zero-order valence-corrected chi connectivity index (χ0v) is 21.5. The third-order valence-corrected chi connectivity index (χ3v) is 11.0. The van der Waals surface area contributed by atoms with Crippen molar-refractivity contribution in [3.63, 3.8) is 0 Å². The molecular formula is C28H42O3Si. The molecule has 0 N–H and O–H groups in total. The van der Waals surface area contributed by atoms with Crippen LogP contribution in [0.15, 0.2) is 66.7 Å². The van der Waals surface area contributed by atoms with E-state index in [1.54, 1.807) is 7.11 Å². The maximum Gasteiger partial charge on any atom is 0.192 e. The Morgan fingerprint density at radius 2 is 1.53 bits per heavy atom. The molecule has 0 radical (unpaired) electrons. The van der Waals surface area contributed by atoms with Crippen molar-refractivity contribution in [1.82, 2.24) is 0 Å². The molecule has 0 aromatic heterocycles. The Morgan fingerprint density at radius 3 is 2.16 bits per heavy atom. The molecule has 2 rings (SSSR count). The maximum atomic E-state index is 6.87. The van der Waals surface area contributed by atoms with E-state index in [-0.39, 0.29) is 6.10 Å². The molecule has 0 amide bonds. The van der Waals surface area contributed by atoms with Crippen LogP contribution in [0.3, 0.4) is 0 Å². The molecule has 32 heavy (non-hydrogen) atoms. The molecule has 2 aromatic carbocycles. The molecule has 0 spiro atoms. The monoisotopic (exact) mass is 454 g/mol. The van der Waals surface area contributed by atoms with Crippen molar-refractivity contribution in [2.45, 2.75) is 77.3 Å². The van der Waals surface area contributed by atoms with Crippen molar-refractivity contribution >= 4 is 8.32 Å². The molecular weight excluding hydrogens is 412 g/mol. The van der Waals surface area contributed by atoms with Crippen LogP contribution >= 0.6 is 0 Å². The fourth-order valence-corrected chi connectivity index (χ4v) is 6.78. The van der Waals surface area contributed by atoms with Gasteiger partial charge in [-0.25, -0.2) is 0 Å². The molecule has 176 valence electrons. The first-order valence-corrected chi connectivity index (χ1v) is 14.8. The van der Waals surface area contributed by atoms with Gasteiger partial charge in [0.25, 0.3) is 0 Å². The third-order valence-electron chi connectivity index (χ3n) is 6.35. The van der Waals surface area contributed by atoms with E-state index in [4.69, 9.17) is 13.9 Å². The maximum absolute atomic E-state index is 6.87. The normalized spacial score (nSPS) is 12.9. The van der Waals surface area contributed by atoms with Gasteiger partial charge in [0.05, 0.1) is 19.8 Å². The first-order valence-electron chi connectivity index (χ1n) is 12.2. The van der Waals surface area contributed by atoms with Gasteiger partial charge in [-0.2, -0.15) is 0 Å². The average molecular weight is 455 g/mol. The molecule has 3 nitrogen and oxygen atoms in total. The topological polar surface area (TPSA) is 27.7 Å². The van der Waals surface area contributed by atoms with Crippen LogP contribution in [-0.4, -0.2) is 22.0 Å². The second-order valence-electron chi connectivity index (χ2n) is 8.36. The second kappa shape index (κ2) is 15.0. The Bertz CT molecular complexity index is 746. The van der Waals surface area contributed by atoms with Crippen LogP contribution in [0.5, 0.6) is 5.75 Å². The summed E-state index contributed by atoms with van der Waals surface area (Å²) in [7, 11) is 0.0247. The fourth-order valence-electron chi connectivity index (χ4n) is 3.94. The highest BCUT2D eigenvalue weighted by Gasteiger charge is 2.32. The predicted molar refractivity (Wildman–Crippen MR) is 138 cm³/mol. The highest BCUT2D eigenvalue weighted by Crippen LogP contribution is 2.32. The number of rotatable bonds is 16. The standard InChI is InChI=1S/C28H42O3Si/c1-5-32(6-2,7-3)31-28(26-19-21-27(29-4)22-20-26)18-14-9-8-10-15-23-30-24-25-16-12-11-13-17-25/h9,11-14,16-17,19-22,28H,5-8,10,15,18,23-24H2,1-4H3. The highest BCUT2D eigenvalue weighted by molar-refractivity contribution is 6.73. The number of hydrogen-bond acceptors (Lipinski definition) is 3. The lowest BCUT2D eigenvalue weighted by Crippen LogP contribution is -2.37. The molecule has 0 fully saturated rings. The largest absolute Gasteiger partial charge is 0.497 e. The lowest BCUT2D eigenvalue weighted by Gasteiger charge is -2.33. The Morgan fingerprint density at radius 1 is 0.844 bits per heavy atom. The van der Waals surface area contributed by atoms with E-state index in [1.165, 1.54) is 29.3 Å². The Labute approximate surface area is 196 Å². The average Bonchev–Trinajstić information content (AvgIpc) is 2.86. The van der Waals surface area contributed by atoms with Crippen LogP contribution < -0.4 is 4.74 Å². The van der Waals surface area contributed by atoms with Gasteiger partial charge in [-0.3, -0.25) is 0 Å². The van der Waals surface area contributed by atoms with Gasteiger partial charge in [0.2, 0.25) is 0 Å². The van der Waals surface area contributed by atoms with Gasteiger partial charge in [0, 0.05) is 6.61 Å². The Kier molecular flexibility index (Phi) is 12.4. The summed E-state index contributed by atoms with van der Waals surface area (Å²) < 4.78 is 18.0. The van der Waals surface area contributed by atoms with E-state index < -0.39 is 8.32 Å². The number of ether oxygens (including phenoxy) is 2. The molecule has 0 saturated heterocycles. The number of benzene rings is 2. The van der Waals surface area contributed by atoms with Gasteiger partial charge in [-0.15, -0.1) is 0 Å². The van der Waals surface area contributed by atoms with Crippen LogP contribution in [0.1, 0.15) is 63.7 Å². The van der Waals surface area contributed by atoms with E-state index in [1.807, 2.05) is 18.2 Å². The van der Waals surface area contributed by atoms with Crippen LogP contribution in [0.2, 0.25) is 18.1 Å². The summed E-state index contributed by atoms with van der Waals surface area (Å²) >= 11 is 0. The smallest absolute Gasteiger partial charge is 0.192 e. The summed E-state index contributed by atoms with van der Waals surface area (Å²) in [4.78, 5) is 0. The number of allylic oxidation sites excluding steroid dienone is 1. The van der Waals surface area contributed by atoms with Crippen LogP contribution in [0.4, 0.5) is 0 Å². The SMILES string of the molecule is CC[Si](CC)(CC)OC(CC=CCCCCOCc1ccccc1)c1ccc(OC)cc1. The van der Waals surface area contributed by atoms with Crippen molar-refractivity contribution in [2.75, 3.05) is 13.7 Å². The van der Waals surface area contributed by atoms with E-state index in [9.17, 15) is 0 Å². The van der Waals surface area contributed by atoms with Crippen molar-refractivity contribution in [3.8, 4) is 5.75 Å². The zero-order valence-electron chi connectivity index (χ0n) is 20.5. The summed E-state index contributed by atoms with van der Waals surface area (Å²) in [5.41, 5.74) is 2.49. The summed E-state index contributed by atoms with van der Waals surface area (Å²) in [6.07, 6.45) is 8.99. The Hall–Kier alpha value is -1.88. The molecule has 2 aromatic rings. The molecule has 4 heteroatoms. The quantitative estimate of drug-likeness (QED) is 0.146. The Balaban J connectivity index is 1.81. The second-order valence-corrected chi connectivity index (χ2v) is 13.1. The molecule has 1 unspecified atom stereocenters. The molecule has 0 heterocycles. The summed E-state index contributed by atoms with van der Waals surface area (Å²) in [6, 6.07) is 22.3. The van der Waals surface area contributed by atoms with E-state index in [2.05, 4.69) is 69.3 Å². The van der Waals surface area contributed by atoms with Gasteiger partial charge in [-0.05, 0) is 67.1 Å². The van der Waals surface area contributed by atoms with Gasteiger partial charge < -0.3 is 13.9 Å². The van der Waals surface area contributed by atoms with Crippen LogP contribution in [0, 0.1) is 0 Å². The minimum atomic E-state index is -1.69. The lowest BCUT2D eigenvalue weighted by molar-refractivity contribution is 0.117. The first kappa shape index (κ1) is 26.4. The zero-order chi connectivity index (χ0) is 23.1. The van der Waals surface area contributed by atoms with Gasteiger partial charge in [-0.1, -0.05) is 75.4 Å². The predicted octanol–water partition coefficient (Wildman–Crippen LogP) is 8.09. The summed E-state index contributed by atoms with van der Waals surface area (Å²) in [5, 5.41) is 0. The van der Waals surface area contributed by atoms with Crippen LogP contribution in [-0.2, 0) is 15.8 Å². The minimum Gasteiger partial charge on any atom is -0.497 e. The van der Waals surface area contributed by atoms with Crippen molar-refractivity contribution in [3.05, 3.63) is 77.9 Å². The molecule has 0 aliphatic heterocycles. The van der Waals surface area contributed by atoms with Gasteiger partial charge in [0.15, 0.2) is 8.32 Å². The molecule has 0 saturated carbocycles. The third kappa shape index (κ3) is 8.93. The fraction of sp³-hybridized carbons (Fsp3) is 0.500. The van der Waals surface area contributed by atoms with E-state index in [0.29, 0.717) is 6.61 Å². The number of methoxy groups -OCH3 is 1. The highest BCUT2D eigenvalue weighted by atomic mass is 28.4.